The Hall–Kier alpha value is -2.21. The molecule has 0 bridgehead atoms. The number of para-hydroxylation sites is 1. The van der Waals surface area contributed by atoms with Gasteiger partial charge in [0.05, 0.1) is 54.9 Å². The van der Waals surface area contributed by atoms with E-state index in [1.807, 2.05) is 53.7 Å². The third-order valence-electron chi connectivity index (χ3n) is 16.0. The number of carbonyl (C=O) groups is 3. The van der Waals surface area contributed by atoms with E-state index in [1.54, 1.807) is 38.3 Å². The fourth-order valence-corrected chi connectivity index (χ4v) is 11.4. The Morgan fingerprint density at radius 1 is 0.925 bits per heavy atom. The predicted molar refractivity (Wildman–Crippen MR) is 246 cm³/mol. The molecule has 372 valence electrons. The van der Waals surface area contributed by atoms with Gasteiger partial charge in [0, 0.05) is 53.6 Å². The molecule has 1 aromatic rings. The second-order valence-corrected chi connectivity index (χ2v) is 20.3. The van der Waals surface area contributed by atoms with Gasteiger partial charge in [-0.1, -0.05) is 73.6 Å². The van der Waals surface area contributed by atoms with Crippen LogP contribution in [0.2, 0.25) is 0 Å². The zero-order valence-corrected chi connectivity index (χ0v) is 44.1. The van der Waals surface area contributed by atoms with E-state index in [0.29, 0.717) is 63.5 Å². The van der Waals surface area contributed by atoms with Crippen molar-refractivity contribution in [3.63, 3.8) is 0 Å². The second kappa shape index (κ2) is 23.8. The second-order valence-electron chi connectivity index (χ2n) is 20.3. The van der Waals surface area contributed by atoms with Gasteiger partial charge in [-0.05, 0) is 108 Å². The Morgan fingerprint density at radius 2 is 1.60 bits per heavy atom. The number of aliphatic carboxylic acids is 2. The molecule has 18 unspecified atom stereocenters. The van der Waals surface area contributed by atoms with Gasteiger partial charge in [0.25, 0.3) is 0 Å². The Kier molecular flexibility index (Phi) is 20.4. The van der Waals surface area contributed by atoms with Crippen LogP contribution in [0, 0.1) is 41.4 Å². The van der Waals surface area contributed by atoms with Crippen molar-refractivity contribution in [1.82, 2.24) is 0 Å². The maximum atomic E-state index is 14.4. The third-order valence-corrected chi connectivity index (χ3v) is 16.0. The van der Waals surface area contributed by atoms with Crippen molar-refractivity contribution in [2.24, 2.45) is 41.4 Å². The number of ether oxygens (including phenoxy) is 6. The van der Waals surface area contributed by atoms with Crippen LogP contribution in [0.15, 0.2) is 42.5 Å². The molecule has 1 aromatic carbocycles. The molecule has 4 saturated heterocycles. The van der Waals surface area contributed by atoms with Crippen LogP contribution in [0.1, 0.15) is 139 Å². The van der Waals surface area contributed by atoms with Crippen molar-refractivity contribution in [1.29, 1.82) is 0 Å². The number of carbonyl (C=O) groups excluding carboxylic acids is 2. The number of rotatable bonds is 15. The summed E-state index contributed by atoms with van der Waals surface area (Å²) >= 11 is 0. The Balaban J connectivity index is 0.000000604. The molecule has 6 rings (SSSR count). The van der Waals surface area contributed by atoms with Gasteiger partial charge < -0.3 is 58.7 Å². The smallest absolute Gasteiger partial charge is 0.550 e. The van der Waals surface area contributed by atoms with E-state index in [4.69, 9.17) is 33.5 Å². The molecule has 15 heteroatoms. The molecular weight excluding hydrogens is 872 g/mol. The molecule has 18 atom stereocenters. The number of hydrogen-bond donors (Lipinski definition) is 4. The number of carboxylic acid groups (broad SMARTS) is 2. The minimum absolute atomic E-state index is 0. The normalized spacial score (nSPS) is 38.5. The zero-order valence-electron chi connectivity index (χ0n) is 42.1. The molecule has 0 saturated carbocycles. The van der Waals surface area contributed by atoms with E-state index in [1.165, 1.54) is 6.08 Å². The molecule has 2 spiro atoms. The molecule has 0 aliphatic carbocycles. The molecule has 5 aliphatic heterocycles. The standard InChI is InChI=1S/C42H70O11.C10H10O3.Na/c1-11-29(38(46)47)31-15-14-23(4)36(50-31)27(8)34(44)26(7)35(45)30(12-2)37-24(5)22-25(6)41(51-37)19-16-32(43)42(53-41)21-20-39(10,52-42)33-17-18-40(48,13-3)28(9)49-33;1-13-9-5-3-2-4-8(9)6-7-10(11)12;/h16,19,23-34,36-37,43-44,48H,11-15,17-18,20-22H2,1-10H3,(H,46,47);2-7H,1H3,(H,11,12);/q;;+1/p-1. The van der Waals surface area contributed by atoms with Crippen molar-refractivity contribution in [3.8, 4) is 5.75 Å². The molecule has 0 amide bonds. The van der Waals surface area contributed by atoms with E-state index < -0.39 is 88.9 Å². The Morgan fingerprint density at radius 3 is 2.19 bits per heavy atom. The Bertz CT molecular complexity index is 1880. The molecule has 0 radical (unpaired) electrons. The SMILES string of the molecule is CCC(C(=O)[O-])C1CCC(C)C(C(C)C(O)C(C)C(=O)C(CC)C2OC3(C=CC(O)C4(CCC(C)(C5CCC(O)(CC)C(C)O5)O4)O3)C(C)CC2C)O1.COc1ccccc1C=CC(=O)O.[Na+]. The maximum Gasteiger partial charge on any atom is 1.00 e. The van der Waals surface area contributed by atoms with Gasteiger partial charge >= 0.3 is 35.5 Å². The summed E-state index contributed by atoms with van der Waals surface area (Å²) in [7, 11) is 1.55. The van der Waals surface area contributed by atoms with Gasteiger partial charge in [-0.15, -0.1) is 0 Å². The van der Waals surface area contributed by atoms with E-state index in [0.717, 1.165) is 18.1 Å². The van der Waals surface area contributed by atoms with Crippen LogP contribution in [-0.4, -0.2) is 111 Å². The summed E-state index contributed by atoms with van der Waals surface area (Å²) < 4.78 is 38.5. The van der Waals surface area contributed by atoms with Gasteiger partial charge in [-0.25, -0.2) is 4.79 Å². The number of methoxy groups -OCH3 is 1. The number of hydrogen-bond acceptors (Lipinski definition) is 13. The van der Waals surface area contributed by atoms with Gasteiger partial charge in [0.1, 0.15) is 17.6 Å². The van der Waals surface area contributed by atoms with E-state index in [2.05, 4.69) is 20.8 Å². The van der Waals surface area contributed by atoms with Crippen LogP contribution in [0.5, 0.6) is 5.75 Å². The fourth-order valence-electron chi connectivity index (χ4n) is 11.4. The molecule has 0 aromatic heterocycles. The van der Waals surface area contributed by atoms with Crippen LogP contribution in [0.4, 0.5) is 0 Å². The maximum absolute atomic E-state index is 14.4. The van der Waals surface area contributed by atoms with E-state index in [9.17, 15) is 34.8 Å². The van der Waals surface area contributed by atoms with E-state index in [-0.39, 0.29) is 65.3 Å². The number of ketones is 1. The van der Waals surface area contributed by atoms with Crippen LogP contribution < -0.4 is 39.4 Å². The first-order valence-electron chi connectivity index (χ1n) is 24.5. The van der Waals surface area contributed by atoms with Crippen molar-refractivity contribution in [3.05, 3.63) is 48.1 Å². The molecule has 5 aliphatic rings. The largest absolute Gasteiger partial charge is 1.00 e. The average Bonchev–Trinajstić information content (AvgIpc) is 3.64. The summed E-state index contributed by atoms with van der Waals surface area (Å²) in [5.74, 6) is -6.54. The van der Waals surface area contributed by atoms with Gasteiger partial charge in [0.2, 0.25) is 5.79 Å². The van der Waals surface area contributed by atoms with Gasteiger partial charge in [-0.2, -0.15) is 0 Å². The van der Waals surface area contributed by atoms with Crippen molar-refractivity contribution in [2.75, 3.05) is 7.11 Å². The number of aliphatic hydroxyl groups is 3. The summed E-state index contributed by atoms with van der Waals surface area (Å²) in [4.78, 5) is 36.5. The fraction of sp³-hybridized carbons (Fsp3) is 0.750. The topological polar surface area (TPSA) is 211 Å². The molecule has 4 N–H and O–H groups in total. The van der Waals surface area contributed by atoms with Crippen molar-refractivity contribution < 1.29 is 97.9 Å². The number of Topliss-reactive ketones (excluding diaryl/α,β-unsaturated/α-hetero) is 1. The zero-order chi connectivity index (χ0) is 48.9. The molecule has 67 heavy (non-hydrogen) atoms. The summed E-state index contributed by atoms with van der Waals surface area (Å²) in [5.41, 5.74) is -0.879. The van der Waals surface area contributed by atoms with Crippen LogP contribution in [-0.2, 0) is 38.1 Å². The van der Waals surface area contributed by atoms with Crippen LogP contribution >= 0.6 is 0 Å². The average molecular weight is 951 g/mol. The first kappa shape index (κ1) is 57.4. The number of benzene rings is 1. The molecule has 5 heterocycles. The quantitative estimate of drug-likeness (QED) is 0.112. The number of carboxylic acids is 2. The van der Waals surface area contributed by atoms with Gasteiger partial charge in [-0.3, -0.25) is 4.79 Å². The predicted octanol–water partition coefficient (Wildman–Crippen LogP) is 3.65. The molecule has 14 nitrogen and oxygen atoms in total. The van der Waals surface area contributed by atoms with Crippen molar-refractivity contribution >= 4 is 23.8 Å². The summed E-state index contributed by atoms with van der Waals surface area (Å²) in [6, 6.07) is 7.22. The minimum atomic E-state index is -1.37. The minimum Gasteiger partial charge on any atom is -0.550 e. The van der Waals surface area contributed by atoms with Crippen molar-refractivity contribution in [2.45, 2.75) is 199 Å². The monoisotopic (exact) mass is 951 g/mol. The first-order chi connectivity index (χ1) is 31.0. The summed E-state index contributed by atoms with van der Waals surface area (Å²) in [6.07, 6.45) is 7.80. The summed E-state index contributed by atoms with van der Waals surface area (Å²) in [5, 5.41) is 54.4. The summed E-state index contributed by atoms with van der Waals surface area (Å²) in [6.45, 7) is 19.5. The van der Waals surface area contributed by atoms with E-state index >= 15 is 0 Å². The van der Waals surface area contributed by atoms with Gasteiger partial charge in [0.15, 0.2) is 5.79 Å². The van der Waals surface area contributed by atoms with Crippen LogP contribution in [0.3, 0.4) is 0 Å². The molecule has 4 fully saturated rings. The van der Waals surface area contributed by atoms with Crippen LogP contribution in [0.25, 0.3) is 6.08 Å². The Labute approximate surface area is 420 Å². The number of aliphatic hydroxyl groups excluding tert-OH is 2. The first-order valence-corrected chi connectivity index (χ1v) is 24.5. The third kappa shape index (κ3) is 12.5. The molecular formula is C52H79NaO14.